The highest BCUT2D eigenvalue weighted by Crippen LogP contribution is 2.31. The van der Waals surface area contributed by atoms with Gasteiger partial charge in [0.25, 0.3) is 0 Å². The molecule has 114 valence electrons. The molecule has 0 bridgehead atoms. The second-order valence-electron chi connectivity index (χ2n) is 6.61. The molecule has 0 radical (unpaired) electrons. The van der Waals surface area contributed by atoms with Crippen LogP contribution in [0.2, 0.25) is 0 Å². The third-order valence-corrected chi connectivity index (χ3v) is 4.74. The molecule has 0 atom stereocenters. The Morgan fingerprint density at radius 1 is 1.19 bits per heavy atom. The Labute approximate surface area is 127 Å². The molecule has 2 heterocycles. The zero-order valence-corrected chi connectivity index (χ0v) is 13.7. The number of aryl methyl sites for hydroxylation is 2. The lowest BCUT2D eigenvalue weighted by Crippen LogP contribution is -2.24. The van der Waals surface area contributed by atoms with Gasteiger partial charge in [0.05, 0.1) is 0 Å². The molecule has 0 fully saturated rings. The van der Waals surface area contributed by atoms with Crippen molar-refractivity contribution < 1.29 is 0 Å². The van der Waals surface area contributed by atoms with E-state index in [0.717, 1.165) is 26.1 Å². The molecule has 0 spiro atoms. The molecule has 3 heteroatoms. The Balaban J connectivity index is 1.93. The fourth-order valence-corrected chi connectivity index (χ4v) is 3.41. The number of hydrogen-bond donors (Lipinski definition) is 1. The molecule has 0 aliphatic carbocycles. The summed E-state index contributed by atoms with van der Waals surface area (Å²) in [6.07, 6.45) is 4.67. The minimum Gasteiger partial charge on any atom is -0.350 e. The first-order chi connectivity index (χ1) is 10.1. The zero-order chi connectivity index (χ0) is 15.0. The molecule has 1 aliphatic rings. The maximum absolute atomic E-state index is 3.24. The topological polar surface area (TPSA) is 20.2 Å². The highest BCUT2D eigenvalue weighted by Gasteiger charge is 2.22. The lowest BCUT2D eigenvalue weighted by Gasteiger charge is -2.18. The fraction of sp³-hybridized carbons (Fsp3) is 0.556. The van der Waals surface area contributed by atoms with Crippen molar-refractivity contribution in [2.45, 2.75) is 45.8 Å². The number of benzene rings is 1. The van der Waals surface area contributed by atoms with Gasteiger partial charge in [0.2, 0.25) is 0 Å². The van der Waals surface area contributed by atoms with Crippen molar-refractivity contribution >= 4 is 10.9 Å². The molecule has 1 N–H and O–H groups in total. The number of rotatable bonds is 5. The van der Waals surface area contributed by atoms with Gasteiger partial charge in [-0.1, -0.05) is 0 Å². The van der Waals surface area contributed by atoms with Crippen molar-refractivity contribution in [1.29, 1.82) is 0 Å². The molecule has 1 aliphatic heterocycles. The van der Waals surface area contributed by atoms with E-state index in [9.17, 15) is 0 Å². The Kier molecular flexibility index (Phi) is 4.05. The van der Waals surface area contributed by atoms with E-state index < -0.39 is 0 Å². The van der Waals surface area contributed by atoms with Gasteiger partial charge in [0.1, 0.15) is 0 Å². The Hall–Kier alpha value is -1.32. The van der Waals surface area contributed by atoms with Gasteiger partial charge in [0, 0.05) is 43.3 Å². The van der Waals surface area contributed by atoms with Gasteiger partial charge >= 0.3 is 0 Å². The first-order valence-electron chi connectivity index (χ1n) is 8.08. The van der Waals surface area contributed by atoms with E-state index in [2.05, 4.69) is 54.0 Å². The van der Waals surface area contributed by atoms with Gasteiger partial charge in [0.15, 0.2) is 0 Å². The quantitative estimate of drug-likeness (QED) is 0.852. The van der Waals surface area contributed by atoms with Gasteiger partial charge in [-0.3, -0.25) is 4.90 Å². The van der Waals surface area contributed by atoms with E-state index in [4.69, 9.17) is 0 Å². The summed E-state index contributed by atoms with van der Waals surface area (Å²) in [5.41, 5.74) is 5.92. The average Bonchev–Trinajstić information content (AvgIpc) is 2.99. The molecule has 1 aromatic heterocycles. The van der Waals surface area contributed by atoms with Crippen LogP contribution in [-0.4, -0.2) is 29.1 Å². The molecule has 3 nitrogen and oxygen atoms in total. The first-order valence-corrected chi connectivity index (χ1v) is 8.08. The summed E-state index contributed by atoms with van der Waals surface area (Å²) in [6.45, 7) is 7.86. The molecule has 2 aromatic rings. The number of hydrogen-bond acceptors (Lipinski definition) is 2. The third-order valence-electron chi connectivity index (χ3n) is 4.74. The number of aromatic nitrogens is 1. The van der Waals surface area contributed by atoms with E-state index in [0.29, 0.717) is 6.04 Å². The van der Waals surface area contributed by atoms with Gasteiger partial charge < -0.3 is 9.88 Å². The molecule has 0 amide bonds. The van der Waals surface area contributed by atoms with Crippen molar-refractivity contribution in [2.24, 2.45) is 7.05 Å². The third kappa shape index (κ3) is 2.72. The van der Waals surface area contributed by atoms with Crippen molar-refractivity contribution in [1.82, 2.24) is 14.8 Å². The standard InChI is InChI=1S/C18H27N3/c1-13(2)21-11-15-8-17-14(6-5-7-19-3)10-20(4)18(17)9-16(15)12-21/h8-10,13,19H,5-7,11-12H2,1-4H3. The second kappa shape index (κ2) is 5.82. The maximum Gasteiger partial charge on any atom is 0.0484 e. The van der Waals surface area contributed by atoms with Crippen LogP contribution in [0.15, 0.2) is 18.3 Å². The van der Waals surface area contributed by atoms with Crippen LogP contribution in [0, 0.1) is 0 Å². The number of nitrogens with one attached hydrogen (secondary N) is 1. The van der Waals surface area contributed by atoms with Gasteiger partial charge in [-0.15, -0.1) is 0 Å². The number of fused-ring (bicyclic) bond motifs is 2. The minimum atomic E-state index is 0.621. The molecule has 3 rings (SSSR count). The molecule has 0 saturated carbocycles. The molecular weight excluding hydrogens is 258 g/mol. The molecule has 21 heavy (non-hydrogen) atoms. The summed E-state index contributed by atoms with van der Waals surface area (Å²) < 4.78 is 2.29. The SMILES string of the molecule is CNCCCc1cn(C)c2cc3c(cc12)CN(C(C)C)C3. The summed E-state index contributed by atoms with van der Waals surface area (Å²) in [5, 5.41) is 4.70. The predicted octanol–water partition coefficient (Wildman–Crippen LogP) is 3.05. The highest BCUT2D eigenvalue weighted by molar-refractivity contribution is 5.85. The van der Waals surface area contributed by atoms with Crippen molar-refractivity contribution in [3.8, 4) is 0 Å². The molecular formula is C18H27N3. The summed E-state index contributed by atoms with van der Waals surface area (Å²) in [7, 11) is 4.20. The van der Waals surface area contributed by atoms with Crippen LogP contribution < -0.4 is 5.32 Å². The molecule has 0 saturated heterocycles. The Bertz CT molecular complexity index is 639. The van der Waals surface area contributed by atoms with Crippen LogP contribution in [-0.2, 0) is 26.6 Å². The van der Waals surface area contributed by atoms with Crippen molar-refractivity contribution in [3.63, 3.8) is 0 Å². The van der Waals surface area contributed by atoms with Crippen molar-refractivity contribution in [2.75, 3.05) is 13.6 Å². The van der Waals surface area contributed by atoms with Crippen LogP contribution in [0.4, 0.5) is 0 Å². The molecule has 0 unspecified atom stereocenters. The molecule has 1 aromatic carbocycles. The second-order valence-corrected chi connectivity index (χ2v) is 6.61. The average molecular weight is 285 g/mol. The predicted molar refractivity (Wildman–Crippen MR) is 89.5 cm³/mol. The summed E-state index contributed by atoms with van der Waals surface area (Å²) in [4.78, 5) is 2.55. The van der Waals surface area contributed by atoms with E-state index in [1.807, 2.05) is 7.05 Å². The van der Waals surface area contributed by atoms with E-state index in [1.165, 1.54) is 34.0 Å². The zero-order valence-electron chi connectivity index (χ0n) is 13.7. The van der Waals surface area contributed by atoms with Gasteiger partial charge in [-0.2, -0.15) is 0 Å². The van der Waals surface area contributed by atoms with Crippen molar-refractivity contribution in [3.05, 3.63) is 35.0 Å². The highest BCUT2D eigenvalue weighted by atomic mass is 15.2. The van der Waals surface area contributed by atoms with Gasteiger partial charge in [-0.05, 0) is 69.1 Å². The van der Waals surface area contributed by atoms with Gasteiger partial charge in [-0.25, -0.2) is 0 Å². The maximum atomic E-state index is 3.24. The lowest BCUT2D eigenvalue weighted by atomic mass is 10.0. The van der Waals surface area contributed by atoms with Crippen LogP contribution in [0.1, 0.15) is 37.0 Å². The lowest BCUT2D eigenvalue weighted by molar-refractivity contribution is 0.227. The largest absolute Gasteiger partial charge is 0.350 e. The van der Waals surface area contributed by atoms with Crippen LogP contribution in [0.25, 0.3) is 10.9 Å². The number of nitrogens with zero attached hydrogens (tertiary/aromatic N) is 2. The minimum absolute atomic E-state index is 0.621. The Morgan fingerprint density at radius 3 is 2.57 bits per heavy atom. The summed E-state index contributed by atoms with van der Waals surface area (Å²) in [6, 6.07) is 5.48. The summed E-state index contributed by atoms with van der Waals surface area (Å²) >= 11 is 0. The monoisotopic (exact) mass is 285 g/mol. The smallest absolute Gasteiger partial charge is 0.0484 e. The van der Waals surface area contributed by atoms with E-state index in [1.54, 1.807) is 0 Å². The van der Waals surface area contributed by atoms with E-state index >= 15 is 0 Å². The van der Waals surface area contributed by atoms with E-state index in [-0.39, 0.29) is 0 Å². The van der Waals surface area contributed by atoms with Crippen LogP contribution in [0.3, 0.4) is 0 Å². The normalized spacial score (nSPS) is 15.3. The Morgan fingerprint density at radius 2 is 1.90 bits per heavy atom. The summed E-state index contributed by atoms with van der Waals surface area (Å²) in [5.74, 6) is 0. The van der Waals surface area contributed by atoms with Crippen LogP contribution in [0.5, 0.6) is 0 Å². The van der Waals surface area contributed by atoms with Crippen LogP contribution >= 0.6 is 0 Å². The fourth-order valence-electron chi connectivity index (χ4n) is 3.41. The first kappa shape index (κ1) is 14.6.